The van der Waals surface area contributed by atoms with Gasteiger partial charge in [0.25, 0.3) is 5.91 Å². The predicted octanol–water partition coefficient (Wildman–Crippen LogP) is 2.09. The van der Waals surface area contributed by atoms with Crippen molar-refractivity contribution in [2.75, 3.05) is 6.54 Å². The first-order chi connectivity index (χ1) is 10.7. The molecule has 0 unspecified atom stereocenters. The normalized spacial score (nSPS) is 12.0. The Labute approximate surface area is 137 Å². The summed E-state index contributed by atoms with van der Waals surface area (Å²) in [5, 5.41) is 15.4. The molecule has 0 bridgehead atoms. The highest BCUT2D eigenvalue weighted by molar-refractivity contribution is 5.94. The van der Waals surface area contributed by atoms with Crippen LogP contribution in [0.15, 0.2) is 12.5 Å². The summed E-state index contributed by atoms with van der Waals surface area (Å²) in [6.07, 6.45) is 3.51. The van der Waals surface area contributed by atoms with Crippen LogP contribution in [-0.4, -0.2) is 37.0 Å². The van der Waals surface area contributed by atoms with Crippen LogP contribution < -0.4 is 5.32 Å². The van der Waals surface area contributed by atoms with Crippen molar-refractivity contribution in [2.45, 2.75) is 59.5 Å². The smallest absolute Gasteiger partial charge is 0.254 e. The van der Waals surface area contributed by atoms with Crippen LogP contribution in [0.1, 0.15) is 62.4 Å². The lowest BCUT2D eigenvalue weighted by Crippen LogP contribution is -2.28. The van der Waals surface area contributed by atoms with Crippen LogP contribution in [0.5, 0.6) is 0 Å². The zero-order valence-electron chi connectivity index (χ0n) is 14.8. The summed E-state index contributed by atoms with van der Waals surface area (Å²) >= 11 is 0. The van der Waals surface area contributed by atoms with Gasteiger partial charge in [-0.2, -0.15) is 5.10 Å². The Hall–Kier alpha value is -2.18. The summed E-state index contributed by atoms with van der Waals surface area (Å²) in [5.41, 5.74) is 1.22. The molecule has 0 aliphatic carbocycles. The van der Waals surface area contributed by atoms with Gasteiger partial charge < -0.3 is 9.88 Å². The van der Waals surface area contributed by atoms with E-state index in [0.717, 1.165) is 11.5 Å². The van der Waals surface area contributed by atoms with Gasteiger partial charge in [-0.15, -0.1) is 10.2 Å². The molecule has 2 aromatic rings. The lowest BCUT2D eigenvalue weighted by Gasteiger charge is -2.18. The molecule has 0 aliphatic heterocycles. The Morgan fingerprint density at radius 1 is 1.35 bits per heavy atom. The van der Waals surface area contributed by atoms with Gasteiger partial charge in [0.1, 0.15) is 12.2 Å². The highest BCUT2D eigenvalue weighted by Gasteiger charge is 2.19. The SMILES string of the molecule is Cc1nn(C(C)(C)C)cc1C(=O)NCCn1cnnc1C(C)C. The van der Waals surface area contributed by atoms with E-state index in [1.165, 1.54) is 0 Å². The third kappa shape index (κ3) is 3.97. The van der Waals surface area contributed by atoms with Crippen LogP contribution >= 0.6 is 0 Å². The van der Waals surface area contributed by atoms with E-state index < -0.39 is 0 Å². The van der Waals surface area contributed by atoms with Crippen molar-refractivity contribution in [3.63, 3.8) is 0 Å². The molecule has 0 saturated carbocycles. The minimum Gasteiger partial charge on any atom is -0.350 e. The Kier molecular flexibility index (Phi) is 4.87. The Bertz CT molecular complexity index is 677. The fraction of sp³-hybridized carbons (Fsp3) is 0.625. The maximum Gasteiger partial charge on any atom is 0.254 e. The van der Waals surface area contributed by atoms with E-state index in [4.69, 9.17) is 0 Å². The van der Waals surface area contributed by atoms with Crippen molar-refractivity contribution in [1.82, 2.24) is 29.9 Å². The maximum absolute atomic E-state index is 12.3. The molecule has 0 aliphatic rings. The second-order valence-electron chi connectivity index (χ2n) is 7.04. The number of nitrogens with zero attached hydrogens (tertiary/aromatic N) is 5. The molecular weight excluding hydrogens is 292 g/mol. The summed E-state index contributed by atoms with van der Waals surface area (Å²) in [6, 6.07) is 0. The largest absolute Gasteiger partial charge is 0.350 e. The fourth-order valence-electron chi connectivity index (χ4n) is 2.30. The van der Waals surface area contributed by atoms with E-state index in [1.54, 1.807) is 6.33 Å². The second-order valence-corrected chi connectivity index (χ2v) is 7.04. The molecular formula is C16H26N6O. The molecule has 0 radical (unpaired) electrons. The number of aryl methyl sites for hydroxylation is 1. The van der Waals surface area contributed by atoms with E-state index >= 15 is 0 Å². The van der Waals surface area contributed by atoms with E-state index in [-0.39, 0.29) is 11.4 Å². The van der Waals surface area contributed by atoms with Gasteiger partial charge in [0.15, 0.2) is 0 Å². The topological polar surface area (TPSA) is 77.6 Å². The number of rotatable bonds is 5. The van der Waals surface area contributed by atoms with Crippen LogP contribution in [0.25, 0.3) is 0 Å². The molecule has 2 aromatic heterocycles. The fourth-order valence-corrected chi connectivity index (χ4v) is 2.30. The summed E-state index contributed by atoms with van der Waals surface area (Å²) < 4.78 is 3.80. The van der Waals surface area contributed by atoms with Gasteiger partial charge in [-0.05, 0) is 27.7 Å². The van der Waals surface area contributed by atoms with Crippen molar-refractivity contribution in [3.8, 4) is 0 Å². The first-order valence-corrected chi connectivity index (χ1v) is 7.92. The van der Waals surface area contributed by atoms with E-state index in [2.05, 4.69) is 55.2 Å². The van der Waals surface area contributed by atoms with Crippen LogP contribution in [-0.2, 0) is 12.1 Å². The monoisotopic (exact) mass is 318 g/mol. The van der Waals surface area contributed by atoms with Crippen molar-refractivity contribution >= 4 is 5.91 Å². The van der Waals surface area contributed by atoms with E-state index in [0.29, 0.717) is 24.6 Å². The van der Waals surface area contributed by atoms with Crippen LogP contribution in [0.3, 0.4) is 0 Å². The number of aromatic nitrogens is 5. The quantitative estimate of drug-likeness (QED) is 0.915. The van der Waals surface area contributed by atoms with Crippen molar-refractivity contribution in [1.29, 1.82) is 0 Å². The van der Waals surface area contributed by atoms with Crippen LogP contribution in [0.4, 0.5) is 0 Å². The minimum atomic E-state index is -0.141. The first kappa shape index (κ1) is 17.2. The number of carbonyl (C=O) groups is 1. The second kappa shape index (κ2) is 6.52. The predicted molar refractivity (Wildman–Crippen MR) is 88.4 cm³/mol. The van der Waals surface area contributed by atoms with Gasteiger partial charge >= 0.3 is 0 Å². The summed E-state index contributed by atoms with van der Waals surface area (Å²) in [5.74, 6) is 1.13. The molecule has 1 amide bonds. The lowest BCUT2D eigenvalue weighted by molar-refractivity contribution is 0.0951. The Morgan fingerprint density at radius 3 is 2.61 bits per heavy atom. The molecule has 1 N–H and O–H groups in total. The zero-order chi connectivity index (χ0) is 17.2. The third-order valence-corrected chi connectivity index (χ3v) is 3.63. The molecule has 2 rings (SSSR count). The zero-order valence-corrected chi connectivity index (χ0v) is 14.8. The molecule has 126 valence electrons. The maximum atomic E-state index is 12.3. The van der Waals surface area contributed by atoms with Crippen molar-refractivity contribution in [2.24, 2.45) is 0 Å². The highest BCUT2D eigenvalue weighted by atomic mass is 16.1. The van der Waals surface area contributed by atoms with Gasteiger partial charge in [-0.1, -0.05) is 13.8 Å². The summed E-state index contributed by atoms with van der Waals surface area (Å²) in [7, 11) is 0. The Balaban J connectivity index is 1.98. The molecule has 0 aromatic carbocycles. The molecule has 0 saturated heterocycles. The number of carbonyl (C=O) groups excluding carboxylic acids is 1. The van der Waals surface area contributed by atoms with Gasteiger partial charge in [0.2, 0.25) is 0 Å². The average Bonchev–Trinajstić information content (AvgIpc) is 3.04. The minimum absolute atomic E-state index is 0.0998. The highest BCUT2D eigenvalue weighted by Crippen LogP contribution is 2.16. The van der Waals surface area contributed by atoms with Crippen LogP contribution in [0.2, 0.25) is 0 Å². The molecule has 23 heavy (non-hydrogen) atoms. The van der Waals surface area contributed by atoms with Crippen molar-refractivity contribution in [3.05, 3.63) is 29.6 Å². The van der Waals surface area contributed by atoms with Gasteiger partial charge in [0.05, 0.1) is 16.8 Å². The van der Waals surface area contributed by atoms with Gasteiger partial charge in [0, 0.05) is 25.2 Å². The molecule has 0 atom stereocenters. The standard InChI is InChI=1S/C16H26N6O/c1-11(2)14-19-18-10-21(14)8-7-17-15(23)13-9-22(16(4,5)6)20-12(13)3/h9-11H,7-8H2,1-6H3,(H,17,23). The summed E-state index contributed by atoms with van der Waals surface area (Å²) in [6.45, 7) is 13.3. The third-order valence-electron chi connectivity index (χ3n) is 3.63. The average molecular weight is 318 g/mol. The summed E-state index contributed by atoms with van der Waals surface area (Å²) in [4.78, 5) is 12.3. The van der Waals surface area contributed by atoms with Gasteiger partial charge in [-0.25, -0.2) is 0 Å². The molecule has 0 spiro atoms. The molecule has 2 heterocycles. The van der Waals surface area contributed by atoms with E-state index in [1.807, 2.05) is 22.4 Å². The van der Waals surface area contributed by atoms with Crippen molar-refractivity contribution < 1.29 is 4.79 Å². The number of hydrogen-bond donors (Lipinski definition) is 1. The number of amides is 1. The van der Waals surface area contributed by atoms with E-state index in [9.17, 15) is 4.79 Å². The molecule has 7 nitrogen and oxygen atoms in total. The molecule has 0 fully saturated rings. The number of hydrogen-bond acceptors (Lipinski definition) is 4. The lowest BCUT2D eigenvalue weighted by atomic mass is 10.1. The first-order valence-electron chi connectivity index (χ1n) is 7.92. The van der Waals surface area contributed by atoms with Crippen LogP contribution in [0, 0.1) is 6.92 Å². The van der Waals surface area contributed by atoms with Gasteiger partial charge in [-0.3, -0.25) is 9.48 Å². The molecule has 7 heteroatoms. The Morgan fingerprint density at radius 2 is 2.04 bits per heavy atom. The number of nitrogens with one attached hydrogen (secondary N) is 1.